The minimum atomic E-state index is -0.704. The zero-order valence-electron chi connectivity index (χ0n) is 10.4. The maximum atomic E-state index is 13.7. The predicted molar refractivity (Wildman–Crippen MR) is 65.2 cm³/mol. The lowest BCUT2D eigenvalue weighted by atomic mass is 9.96. The van der Waals surface area contributed by atoms with E-state index in [-0.39, 0.29) is 5.92 Å². The topological polar surface area (TPSA) is 12.0 Å². The molecule has 3 heteroatoms. The fourth-order valence-electron chi connectivity index (χ4n) is 1.99. The standard InChI is InChI=1S/C14H19F2N/c1-9(7-8-17-11-4-5-11)12-6-3-10(2)13(15)14(12)16/h3,6,9,11,17H,4-5,7-8H2,1-2H3. The number of aryl methyl sites for hydroxylation is 1. The van der Waals surface area contributed by atoms with E-state index in [4.69, 9.17) is 0 Å². The number of rotatable bonds is 5. The van der Waals surface area contributed by atoms with Crippen molar-refractivity contribution in [3.05, 3.63) is 34.9 Å². The lowest BCUT2D eigenvalue weighted by molar-refractivity contribution is 0.479. The van der Waals surface area contributed by atoms with Gasteiger partial charge in [0, 0.05) is 6.04 Å². The lowest BCUT2D eigenvalue weighted by Crippen LogP contribution is -2.19. The molecule has 1 saturated carbocycles. The molecule has 0 amide bonds. The Kier molecular flexibility index (Phi) is 3.77. The molecule has 1 aromatic carbocycles. The Morgan fingerprint density at radius 2 is 2.00 bits per heavy atom. The van der Waals surface area contributed by atoms with Crippen molar-refractivity contribution in [2.24, 2.45) is 0 Å². The molecule has 0 radical (unpaired) electrons. The van der Waals surface area contributed by atoms with Gasteiger partial charge in [-0.3, -0.25) is 0 Å². The third kappa shape index (κ3) is 3.03. The Hall–Kier alpha value is -0.960. The number of hydrogen-bond acceptors (Lipinski definition) is 1. The second-order valence-corrected chi connectivity index (χ2v) is 5.02. The van der Waals surface area contributed by atoms with E-state index in [1.807, 2.05) is 6.92 Å². The van der Waals surface area contributed by atoms with Crippen molar-refractivity contribution in [1.29, 1.82) is 0 Å². The summed E-state index contributed by atoms with van der Waals surface area (Å²) in [5, 5.41) is 3.39. The summed E-state index contributed by atoms with van der Waals surface area (Å²) in [4.78, 5) is 0. The quantitative estimate of drug-likeness (QED) is 0.829. The normalized spacial score (nSPS) is 17.2. The first-order valence-electron chi connectivity index (χ1n) is 6.27. The van der Waals surface area contributed by atoms with Crippen LogP contribution in [-0.2, 0) is 0 Å². The van der Waals surface area contributed by atoms with Gasteiger partial charge < -0.3 is 5.32 Å². The Bertz CT molecular complexity index is 399. The summed E-state index contributed by atoms with van der Waals surface area (Å²) in [6, 6.07) is 4.02. The average Bonchev–Trinajstić information content (AvgIpc) is 3.10. The molecular weight excluding hydrogens is 220 g/mol. The van der Waals surface area contributed by atoms with Gasteiger partial charge in [-0.25, -0.2) is 8.78 Å². The molecule has 1 atom stereocenters. The number of halogens is 2. The van der Waals surface area contributed by atoms with E-state index in [9.17, 15) is 8.78 Å². The van der Waals surface area contributed by atoms with Gasteiger partial charge in [0.25, 0.3) is 0 Å². The number of nitrogens with one attached hydrogen (secondary N) is 1. The van der Waals surface area contributed by atoms with E-state index < -0.39 is 11.6 Å². The minimum Gasteiger partial charge on any atom is -0.314 e. The van der Waals surface area contributed by atoms with Gasteiger partial charge in [0.1, 0.15) is 0 Å². The monoisotopic (exact) mass is 239 g/mol. The SMILES string of the molecule is Cc1ccc(C(C)CCNC2CC2)c(F)c1F. The van der Waals surface area contributed by atoms with Crippen molar-refractivity contribution in [1.82, 2.24) is 5.32 Å². The van der Waals surface area contributed by atoms with Crippen LogP contribution in [-0.4, -0.2) is 12.6 Å². The molecule has 94 valence electrons. The molecule has 0 saturated heterocycles. The number of benzene rings is 1. The molecule has 0 spiro atoms. The van der Waals surface area contributed by atoms with Gasteiger partial charge in [-0.2, -0.15) is 0 Å². The second kappa shape index (κ2) is 5.13. The van der Waals surface area contributed by atoms with Crippen LogP contribution in [0.15, 0.2) is 12.1 Å². The Morgan fingerprint density at radius 1 is 1.29 bits per heavy atom. The second-order valence-electron chi connectivity index (χ2n) is 5.02. The molecule has 1 nitrogen and oxygen atoms in total. The highest BCUT2D eigenvalue weighted by molar-refractivity contribution is 5.27. The third-order valence-electron chi connectivity index (χ3n) is 3.42. The highest BCUT2D eigenvalue weighted by Gasteiger charge is 2.21. The fourth-order valence-corrected chi connectivity index (χ4v) is 1.99. The molecule has 1 aliphatic carbocycles. The van der Waals surface area contributed by atoms with Crippen LogP contribution in [0, 0.1) is 18.6 Å². The molecule has 0 bridgehead atoms. The molecule has 1 unspecified atom stereocenters. The molecular formula is C14H19F2N. The molecule has 0 aliphatic heterocycles. The summed E-state index contributed by atoms with van der Waals surface area (Å²) in [5.74, 6) is -1.33. The van der Waals surface area contributed by atoms with Crippen molar-refractivity contribution >= 4 is 0 Å². The maximum Gasteiger partial charge on any atom is 0.162 e. The molecule has 0 heterocycles. The van der Waals surface area contributed by atoms with E-state index in [2.05, 4.69) is 5.32 Å². The van der Waals surface area contributed by atoms with Crippen molar-refractivity contribution in [2.45, 2.75) is 45.1 Å². The summed E-state index contributed by atoms with van der Waals surface area (Å²) in [6.45, 7) is 4.41. The Labute approximate surface area is 101 Å². The Morgan fingerprint density at radius 3 is 2.65 bits per heavy atom. The molecule has 0 aromatic heterocycles. The van der Waals surface area contributed by atoms with E-state index in [0.717, 1.165) is 13.0 Å². The van der Waals surface area contributed by atoms with Crippen molar-refractivity contribution in [3.8, 4) is 0 Å². The minimum absolute atomic E-state index is 0.0522. The van der Waals surface area contributed by atoms with Crippen LogP contribution < -0.4 is 5.32 Å². The van der Waals surface area contributed by atoms with Crippen LogP contribution in [0.25, 0.3) is 0 Å². The van der Waals surface area contributed by atoms with E-state index in [0.29, 0.717) is 17.2 Å². The van der Waals surface area contributed by atoms with E-state index in [1.54, 1.807) is 19.1 Å². The zero-order valence-corrected chi connectivity index (χ0v) is 10.4. The van der Waals surface area contributed by atoms with Crippen LogP contribution in [0.4, 0.5) is 8.78 Å². The van der Waals surface area contributed by atoms with E-state index >= 15 is 0 Å². The van der Waals surface area contributed by atoms with Gasteiger partial charge in [0.05, 0.1) is 0 Å². The van der Waals surface area contributed by atoms with Gasteiger partial charge in [-0.05, 0) is 49.8 Å². The van der Waals surface area contributed by atoms with Gasteiger partial charge >= 0.3 is 0 Å². The molecule has 2 rings (SSSR count). The number of hydrogen-bond donors (Lipinski definition) is 1. The summed E-state index contributed by atoms with van der Waals surface area (Å²) in [5.41, 5.74) is 0.861. The van der Waals surface area contributed by atoms with Crippen molar-refractivity contribution in [3.63, 3.8) is 0 Å². The van der Waals surface area contributed by atoms with Crippen molar-refractivity contribution in [2.75, 3.05) is 6.54 Å². The molecule has 1 N–H and O–H groups in total. The first-order valence-corrected chi connectivity index (χ1v) is 6.27. The maximum absolute atomic E-state index is 13.7. The van der Waals surface area contributed by atoms with E-state index in [1.165, 1.54) is 12.8 Å². The van der Waals surface area contributed by atoms with Crippen LogP contribution >= 0.6 is 0 Å². The summed E-state index contributed by atoms with van der Waals surface area (Å²) in [6.07, 6.45) is 3.35. The first kappa shape index (κ1) is 12.5. The molecule has 17 heavy (non-hydrogen) atoms. The first-order chi connectivity index (χ1) is 8.09. The summed E-state index contributed by atoms with van der Waals surface area (Å²) in [7, 11) is 0. The fraction of sp³-hybridized carbons (Fsp3) is 0.571. The summed E-state index contributed by atoms with van der Waals surface area (Å²) < 4.78 is 27.1. The van der Waals surface area contributed by atoms with Gasteiger partial charge in [-0.1, -0.05) is 19.1 Å². The van der Waals surface area contributed by atoms with Crippen molar-refractivity contribution < 1.29 is 8.78 Å². The predicted octanol–water partition coefficient (Wildman–Crippen LogP) is 3.52. The third-order valence-corrected chi connectivity index (χ3v) is 3.42. The highest BCUT2D eigenvalue weighted by atomic mass is 19.2. The smallest absolute Gasteiger partial charge is 0.162 e. The largest absolute Gasteiger partial charge is 0.314 e. The van der Waals surface area contributed by atoms with Crippen LogP contribution in [0.1, 0.15) is 43.2 Å². The molecule has 1 fully saturated rings. The van der Waals surface area contributed by atoms with Gasteiger partial charge in [-0.15, -0.1) is 0 Å². The lowest BCUT2D eigenvalue weighted by Gasteiger charge is -2.14. The Balaban J connectivity index is 1.97. The van der Waals surface area contributed by atoms with Gasteiger partial charge in [0.2, 0.25) is 0 Å². The average molecular weight is 239 g/mol. The zero-order chi connectivity index (χ0) is 12.4. The van der Waals surface area contributed by atoms with Crippen LogP contribution in [0.2, 0.25) is 0 Å². The molecule has 1 aromatic rings. The van der Waals surface area contributed by atoms with Crippen LogP contribution in [0.5, 0.6) is 0 Å². The highest BCUT2D eigenvalue weighted by Crippen LogP contribution is 2.25. The summed E-state index contributed by atoms with van der Waals surface area (Å²) >= 11 is 0. The molecule has 1 aliphatic rings. The van der Waals surface area contributed by atoms with Gasteiger partial charge in [0.15, 0.2) is 11.6 Å². The van der Waals surface area contributed by atoms with Crippen LogP contribution in [0.3, 0.4) is 0 Å².